The Kier molecular flexibility index (Phi) is 3.05. The number of fused-ring (bicyclic) bond motifs is 1. The van der Waals surface area contributed by atoms with Crippen molar-refractivity contribution in [3.8, 4) is 22.6 Å². The van der Waals surface area contributed by atoms with Gasteiger partial charge in [-0.2, -0.15) is 0 Å². The van der Waals surface area contributed by atoms with Crippen LogP contribution in [0, 0.1) is 0 Å². The van der Waals surface area contributed by atoms with Gasteiger partial charge >= 0.3 is 0 Å². The zero-order valence-electron chi connectivity index (χ0n) is 11.7. The van der Waals surface area contributed by atoms with Crippen LogP contribution in [-0.4, -0.2) is 19.9 Å². The zero-order valence-corrected chi connectivity index (χ0v) is 11.7. The third-order valence-corrected chi connectivity index (χ3v) is 3.44. The number of nitrogens with zero attached hydrogens (tertiary/aromatic N) is 4. The smallest absolute Gasteiger partial charge is 0.159 e. The van der Waals surface area contributed by atoms with E-state index >= 15 is 0 Å². The summed E-state index contributed by atoms with van der Waals surface area (Å²) in [5.74, 6) is 0. The minimum Gasteiger partial charge on any atom is -0.256 e. The van der Waals surface area contributed by atoms with Crippen LogP contribution in [0.3, 0.4) is 0 Å². The van der Waals surface area contributed by atoms with Crippen molar-refractivity contribution in [3.63, 3.8) is 0 Å². The van der Waals surface area contributed by atoms with E-state index in [9.17, 15) is 0 Å². The maximum Gasteiger partial charge on any atom is 0.159 e. The van der Waals surface area contributed by atoms with Gasteiger partial charge in [-0.25, -0.2) is 9.97 Å². The van der Waals surface area contributed by atoms with E-state index in [4.69, 9.17) is 4.98 Å². The van der Waals surface area contributed by atoms with Crippen LogP contribution in [0.15, 0.2) is 73.2 Å². The third kappa shape index (κ3) is 2.20. The predicted octanol–water partition coefficient (Wildman–Crippen LogP) is 3.75. The fourth-order valence-corrected chi connectivity index (χ4v) is 2.42. The van der Waals surface area contributed by atoms with Gasteiger partial charge in [0.2, 0.25) is 0 Å². The Morgan fingerprint density at radius 1 is 0.636 bits per heavy atom. The molecule has 4 heteroatoms. The van der Waals surface area contributed by atoms with Gasteiger partial charge in [-0.3, -0.25) is 9.97 Å². The summed E-state index contributed by atoms with van der Waals surface area (Å²) in [5, 5.41) is 0.989. The van der Waals surface area contributed by atoms with Gasteiger partial charge in [-0.05, 0) is 42.5 Å². The maximum absolute atomic E-state index is 4.71. The lowest BCUT2D eigenvalue weighted by molar-refractivity contribution is 1.23. The third-order valence-electron chi connectivity index (χ3n) is 3.44. The minimum atomic E-state index is 0.711. The van der Waals surface area contributed by atoms with Crippen molar-refractivity contribution < 1.29 is 0 Å². The standard InChI is InChI=1S/C18H12N4/c1-3-9-19-15(7-1)14-12-13-6-5-11-21-18(13)22-17(14)16-8-2-4-10-20-16/h1-12H. The summed E-state index contributed by atoms with van der Waals surface area (Å²) < 4.78 is 0. The highest BCUT2D eigenvalue weighted by Gasteiger charge is 2.13. The largest absolute Gasteiger partial charge is 0.256 e. The van der Waals surface area contributed by atoms with Gasteiger partial charge in [-0.1, -0.05) is 12.1 Å². The molecule has 0 spiro atoms. The Bertz CT molecular complexity index is 843. The van der Waals surface area contributed by atoms with Crippen LogP contribution in [0.1, 0.15) is 0 Å². The highest BCUT2D eigenvalue weighted by Crippen LogP contribution is 2.30. The molecular weight excluding hydrogens is 272 g/mol. The second-order valence-corrected chi connectivity index (χ2v) is 4.86. The quantitative estimate of drug-likeness (QED) is 0.562. The Morgan fingerprint density at radius 3 is 2.09 bits per heavy atom. The van der Waals surface area contributed by atoms with Gasteiger partial charge in [0.15, 0.2) is 5.65 Å². The van der Waals surface area contributed by atoms with Gasteiger partial charge in [0.05, 0.1) is 11.4 Å². The first-order chi connectivity index (χ1) is 10.9. The second-order valence-electron chi connectivity index (χ2n) is 4.86. The molecule has 0 aromatic carbocycles. The number of rotatable bonds is 2. The van der Waals surface area contributed by atoms with Crippen molar-refractivity contribution in [2.75, 3.05) is 0 Å². The average molecular weight is 284 g/mol. The molecule has 22 heavy (non-hydrogen) atoms. The van der Waals surface area contributed by atoms with Crippen LogP contribution >= 0.6 is 0 Å². The summed E-state index contributed by atoms with van der Waals surface area (Å²) >= 11 is 0. The molecular formula is C18H12N4. The van der Waals surface area contributed by atoms with Crippen LogP contribution in [0.5, 0.6) is 0 Å². The van der Waals surface area contributed by atoms with Crippen LogP contribution in [0.4, 0.5) is 0 Å². The lowest BCUT2D eigenvalue weighted by atomic mass is 10.0. The fourth-order valence-electron chi connectivity index (χ4n) is 2.42. The van der Waals surface area contributed by atoms with Gasteiger partial charge in [-0.15, -0.1) is 0 Å². The van der Waals surface area contributed by atoms with Crippen molar-refractivity contribution in [1.82, 2.24) is 19.9 Å². The highest BCUT2D eigenvalue weighted by atomic mass is 14.9. The Labute approximate surface area is 127 Å². The van der Waals surface area contributed by atoms with Crippen LogP contribution in [-0.2, 0) is 0 Å². The zero-order chi connectivity index (χ0) is 14.8. The van der Waals surface area contributed by atoms with Gasteiger partial charge < -0.3 is 0 Å². The molecule has 4 aromatic heterocycles. The van der Waals surface area contributed by atoms with Gasteiger partial charge in [0.1, 0.15) is 5.69 Å². The molecule has 104 valence electrons. The summed E-state index contributed by atoms with van der Waals surface area (Å²) in [6.45, 7) is 0. The van der Waals surface area contributed by atoms with E-state index in [1.54, 1.807) is 18.6 Å². The van der Waals surface area contributed by atoms with E-state index in [2.05, 4.69) is 21.0 Å². The first-order valence-electron chi connectivity index (χ1n) is 7.00. The molecule has 0 aliphatic rings. The van der Waals surface area contributed by atoms with E-state index in [-0.39, 0.29) is 0 Å². The molecule has 4 rings (SSSR count). The van der Waals surface area contributed by atoms with Gasteiger partial charge in [0.25, 0.3) is 0 Å². The van der Waals surface area contributed by atoms with E-state index in [0.717, 1.165) is 28.0 Å². The van der Waals surface area contributed by atoms with Crippen LogP contribution < -0.4 is 0 Å². The van der Waals surface area contributed by atoms with Crippen molar-refractivity contribution >= 4 is 11.0 Å². The molecule has 0 bridgehead atoms. The average Bonchev–Trinajstić information content (AvgIpc) is 2.62. The predicted molar refractivity (Wildman–Crippen MR) is 86.0 cm³/mol. The topological polar surface area (TPSA) is 51.6 Å². The molecule has 0 atom stereocenters. The maximum atomic E-state index is 4.71. The molecule has 0 fully saturated rings. The molecule has 0 N–H and O–H groups in total. The van der Waals surface area contributed by atoms with Crippen molar-refractivity contribution in [2.45, 2.75) is 0 Å². The van der Waals surface area contributed by atoms with Crippen molar-refractivity contribution in [1.29, 1.82) is 0 Å². The monoisotopic (exact) mass is 284 g/mol. The van der Waals surface area contributed by atoms with Gasteiger partial charge in [0, 0.05) is 29.5 Å². The van der Waals surface area contributed by atoms with E-state index < -0.39 is 0 Å². The van der Waals surface area contributed by atoms with Crippen LogP contribution in [0.25, 0.3) is 33.7 Å². The summed E-state index contributed by atoms with van der Waals surface area (Å²) in [4.78, 5) is 17.9. The van der Waals surface area contributed by atoms with Crippen LogP contribution in [0.2, 0.25) is 0 Å². The molecule has 4 heterocycles. The lowest BCUT2D eigenvalue weighted by Gasteiger charge is -2.09. The Morgan fingerprint density at radius 2 is 1.36 bits per heavy atom. The second kappa shape index (κ2) is 5.33. The molecule has 0 unspecified atom stereocenters. The van der Waals surface area contributed by atoms with E-state index in [1.807, 2.05) is 48.5 Å². The van der Waals surface area contributed by atoms with E-state index in [0.29, 0.717) is 5.65 Å². The first kappa shape index (κ1) is 12.6. The molecule has 0 amide bonds. The fraction of sp³-hybridized carbons (Fsp3) is 0. The number of hydrogen-bond acceptors (Lipinski definition) is 4. The van der Waals surface area contributed by atoms with Crippen molar-refractivity contribution in [2.24, 2.45) is 0 Å². The number of pyridine rings is 4. The highest BCUT2D eigenvalue weighted by molar-refractivity contribution is 5.88. The normalized spacial score (nSPS) is 10.7. The summed E-state index contributed by atoms with van der Waals surface area (Å²) in [7, 11) is 0. The summed E-state index contributed by atoms with van der Waals surface area (Å²) in [6, 6.07) is 17.6. The molecule has 0 saturated heterocycles. The lowest BCUT2D eigenvalue weighted by Crippen LogP contribution is -1.95. The molecule has 0 aliphatic heterocycles. The molecule has 4 aromatic rings. The minimum absolute atomic E-state index is 0.711. The summed E-state index contributed by atoms with van der Waals surface area (Å²) in [6.07, 6.45) is 5.30. The molecule has 0 radical (unpaired) electrons. The molecule has 0 saturated carbocycles. The molecule has 0 aliphatic carbocycles. The van der Waals surface area contributed by atoms with E-state index in [1.165, 1.54) is 0 Å². The van der Waals surface area contributed by atoms with Crippen molar-refractivity contribution in [3.05, 3.63) is 73.2 Å². The summed E-state index contributed by atoms with van der Waals surface area (Å²) in [5.41, 5.74) is 4.16. The SMILES string of the molecule is c1ccc(-c2cc3cccnc3nc2-c2ccccn2)nc1. The Balaban J connectivity index is 2.04. The molecule has 4 nitrogen and oxygen atoms in total. The first-order valence-corrected chi connectivity index (χ1v) is 7.00. The number of aromatic nitrogens is 4. The Hall–Kier alpha value is -3.14. The number of hydrogen-bond donors (Lipinski definition) is 0.